The zero-order valence-corrected chi connectivity index (χ0v) is 16.5. The first-order valence-corrected chi connectivity index (χ1v) is 10.2. The van der Waals surface area contributed by atoms with Crippen molar-refractivity contribution in [2.24, 2.45) is 0 Å². The van der Waals surface area contributed by atoms with Crippen molar-refractivity contribution in [3.63, 3.8) is 0 Å². The van der Waals surface area contributed by atoms with Crippen LogP contribution in [-0.4, -0.2) is 45.6 Å². The predicted molar refractivity (Wildman–Crippen MR) is 109 cm³/mol. The average molecular weight is 405 g/mol. The summed E-state index contributed by atoms with van der Waals surface area (Å²) in [7, 11) is 0. The number of hydrogen-bond acceptors (Lipinski definition) is 5. The minimum Gasteiger partial charge on any atom is -0.336 e. The van der Waals surface area contributed by atoms with Crippen LogP contribution in [0.2, 0.25) is 0 Å². The maximum Gasteiger partial charge on any atom is 0.262 e. The second-order valence-electron chi connectivity index (χ2n) is 6.75. The number of pyridine rings is 1. The van der Waals surface area contributed by atoms with Crippen LogP contribution in [0.25, 0.3) is 0 Å². The van der Waals surface area contributed by atoms with E-state index in [4.69, 9.17) is 0 Å². The topological polar surface area (TPSA) is 70.6 Å². The number of carbonyl (C=O) groups excluding carboxylic acids is 3. The van der Waals surface area contributed by atoms with Gasteiger partial charge < -0.3 is 4.90 Å². The molecule has 7 heteroatoms. The van der Waals surface area contributed by atoms with E-state index in [2.05, 4.69) is 4.98 Å². The number of imide groups is 1. The number of rotatable bonds is 7. The smallest absolute Gasteiger partial charge is 0.262 e. The number of benzene rings is 1. The Morgan fingerprint density at radius 3 is 2.38 bits per heavy atom. The Kier molecular flexibility index (Phi) is 5.48. The van der Waals surface area contributed by atoms with E-state index in [0.29, 0.717) is 30.6 Å². The van der Waals surface area contributed by atoms with Gasteiger partial charge in [-0.3, -0.25) is 24.3 Å². The zero-order chi connectivity index (χ0) is 20.2. The molecule has 0 aliphatic carbocycles. The highest BCUT2D eigenvalue weighted by atomic mass is 32.1. The monoisotopic (exact) mass is 405 g/mol. The molecular formula is C22H19N3O3S. The van der Waals surface area contributed by atoms with Gasteiger partial charge in [0.25, 0.3) is 11.8 Å². The molecular weight excluding hydrogens is 386 g/mol. The van der Waals surface area contributed by atoms with Crippen LogP contribution in [0.1, 0.15) is 31.2 Å². The minimum absolute atomic E-state index is 0.264. The molecule has 0 N–H and O–H groups in total. The van der Waals surface area contributed by atoms with Gasteiger partial charge in [-0.05, 0) is 41.6 Å². The number of aromatic nitrogens is 1. The first-order valence-electron chi connectivity index (χ1n) is 9.28. The largest absolute Gasteiger partial charge is 0.336 e. The van der Waals surface area contributed by atoms with Crippen LogP contribution in [0.4, 0.5) is 0 Å². The number of fused-ring (bicyclic) bond motifs is 1. The lowest BCUT2D eigenvalue weighted by atomic mass is 10.1. The molecule has 29 heavy (non-hydrogen) atoms. The summed E-state index contributed by atoms with van der Waals surface area (Å²) in [4.78, 5) is 46.3. The molecule has 0 bridgehead atoms. The van der Waals surface area contributed by atoms with E-state index in [0.717, 1.165) is 10.5 Å². The molecule has 1 aliphatic heterocycles. The van der Waals surface area contributed by atoms with Crippen LogP contribution in [-0.2, 0) is 17.8 Å². The Balaban J connectivity index is 1.50. The average Bonchev–Trinajstić information content (AvgIpc) is 3.35. The van der Waals surface area contributed by atoms with Crippen molar-refractivity contribution in [2.45, 2.75) is 13.0 Å². The van der Waals surface area contributed by atoms with Crippen molar-refractivity contribution in [1.82, 2.24) is 14.8 Å². The number of carbonyl (C=O) groups is 3. The Hall–Kier alpha value is -3.32. The molecule has 2 aromatic heterocycles. The van der Waals surface area contributed by atoms with E-state index in [-0.39, 0.29) is 12.5 Å². The summed E-state index contributed by atoms with van der Waals surface area (Å²) in [6.07, 6.45) is 4.11. The zero-order valence-electron chi connectivity index (χ0n) is 15.7. The third-order valence-electron chi connectivity index (χ3n) is 4.83. The summed E-state index contributed by atoms with van der Waals surface area (Å²) in [5, 5.41) is 2.00. The highest BCUT2D eigenvalue weighted by molar-refractivity contribution is 7.09. The molecule has 0 saturated carbocycles. The molecule has 3 amide bonds. The first-order chi connectivity index (χ1) is 14.1. The molecule has 0 atom stereocenters. The first kappa shape index (κ1) is 19.0. The minimum atomic E-state index is -0.418. The van der Waals surface area contributed by atoms with Gasteiger partial charge in [0.2, 0.25) is 5.91 Å². The van der Waals surface area contributed by atoms with Crippen molar-refractivity contribution >= 4 is 29.1 Å². The second kappa shape index (κ2) is 8.36. The van der Waals surface area contributed by atoms with Crippen LogP contribution in [0.3, 0.4) is 0 Å². The lowest BCUT2D eigenvalue weighted by molar-refractivity contribution is -0.132. The van der Waals surface area contributed by atoms with E-state index in [9.17, 15) is 14.4 Å². The van der Waals surface area contributed by atoms with Gasteiger partial charge in [0.05, 0.1) is 11.1 Å². The fourth-order valence-corrected chi connectivity index (χ4v) is 4.02. The molecule has 0 fully saturated rings. The molecule has 3 heterocycles. The SMILES string of the molecule is O=C(CN1C(=O)c2ccccc2C1=O)N(CCc1cccs1)Cc1cccnc1. The van der Waals surface area contributed by atoms with Crippen LogP contribution in [0, 0.1) is 0 Å². The molecule has 3 aromatic rings. The Bertz CT molecular complexity index is 999. The van der Waals surface area contributed by atoms with E-state index in [1.807, 2.05) is 29.6 Å². The molecule has 1 aromatic carbocycles. The van der Waals surface area contributed by atoms with Crippen molar-refractivity contribution in [1.29, 1.82) is 0 Å². The van der Waals surface area contributed by atoms with Gasteiger partial charge in [0, 0.05) is 30.4 Å². The maximum atomic E-state index is 13.1. The van der Waals surface area contributed by atoms with Gasteiger partial charge in [-0.25, -0.2) is 0 Å². The summed E-state index contributed by atoms with van der Waals surface area (Å²) in [6, 6.07) is 14.4. The van der Waals surface area contributed by atoms with Crippen LogP contribution >= 0.6 is 11.3 Å². The number of nitrogens with zero attached hydrogens (tertiary/aromatic N) is 3. The van der Waals surface area contributed by atoms with Gasteiger partial charge in [-0.15, -0.1) is 11.3 Å². The van der Waals surface area contributed by atoms with Gasteiger partial charge >= 0.3 is 0 Å². The van der Waals surface area contributed by atoms with Gasteiger partial charge in [-0.1, -0.05) is 24.3 Å². The predicted octanol–water partition coefficient (Wildman–Crippen LogP) is 3.01. The molecule has 1 aliphatic rings. The van der Waals surface area contributed by atoms with Gasteiger partial charge in [-0.2, -0.15) is 0 Å². The highest BCUT2D eigenvalue weighted by Gasteiger charge is 2.37. The highest BCUT2D eigenvalue weighted by Crippen LogP contribution is 2.22. The summed E-state index contributed by atoms with van der Waals surface area (Å²) in [5.41, 5.74) is 1.60. The van der Waals surface area contributed by atoms with Gasteiger partial charge in [0.1, 0.15) is 6.54 Å². The lowest BCUT2D eigenvalue weighted by Gasteiger charge is -2.25. The van der Waals surface area contributed by atoms with Crippen LogP contribution < -0.4 is 0 Å². The van der Waals surface area contributed by atoms with Crippen molar-refractivity contribution < 1.29 is 14.4 Å². The number of hydrogen-bond donors (Lipinski definition) is 0. The molecule has 0 radical (unpaired) electrons. The molecule has 146 valence electrons. The standard InChI is InChI=1S/C22H19N3O3S/c26-20(15-25-21(27)18-7-1-2-8-19(18)22(25)28)24(11-9-17-6-4-12-29-17)14-16-5-3-10-23-13-16/h1-8,10,12-13H,9,11,14-15H2. The lowest BCUT2D eigenvalue weighted by Crippen LogP contribution is -2.43. The van der Waals surface area contributed by atoms with Crippen LogP contribution in [0.5, 0.6) is 0 Å². The van der Waals surface area contributed by atoms with E-state index < -0.39 is 11.8 Å². The Morgan fingerprint density at radius 1 is 1.00 bits per heavy atom. The third-order valence-corrected chi connectivity index (χ3v) is 5.76. The van der Waals surface area contributed by atoms with Crippen LogP contribution in [0.15, 0.2) is 66.3 Å². The Morgan fingerprint density at radius 2 is 1.76 bits per heavy atom. The fraction of sp³-hybridized carbons (Fsp3) is 0.182. The second-order valence-corrected chi connectivity index (χ2v) is 7.78. The molecule has 6 nitrogen and oxygen atoms in total. The van der Waals surface area contributed by atoms with Gasteiger partial charge in [0.15, 0.2) is 0 Å². The summed E-state index contributed by atoms with van der Waals surface area (Å²) in [5.74, 6) is -1.10. The summed E-state index contributed by atoms with van der Waals surface area (Å²) in [6.45, 7) is 0.607. The quantitative estimate of drug-likeness (QED) is 0.567. The van der Waals surface area contributed by atoms with Crippen molar-refractivity contribution in [2.75, 3.05) is 13.1 Å². The Labute approximate surface area is 172 Å². The molecule has 0 unspecified atom stereocenters. The third kappa shape index (κ3) is 4.09. The summed E-state index contributed by atoms with van der Waals surface area (Å²) >= 11 is 1.64. The van der Waals surface area contributed by atoms with E-state index in [1.165, 1.54) is 4.88 Å². The summed E-state index contributed by atoms with van der Waals surface area (Å²) < 4.78 is 0. The fourth-order valence-electron chi connectivity index (χ4n) is 3.32. The van der Waals surface area contributed by atoms with Crippen molar-refractivity contribution in [3.05, 3.63) is 87.9 Å². The van der Waals surface area contributed by atoms with E-state index >= 15 is 0 Å². The number of amides is 3. The molecule has 0 saturated heterocycles. The molecule has 0 spiro atoms. The number of thiophene rings is 1. The molecule has 4 rings (SSSR count). The maximum absolute atomic E-state index is 13.1. The van der Waals surface area contributed by atoms with E-state index in [1.54, 1.807) is 52.9 Å². The normalized spacial score (nSPS) is 12.9. The van der Waals surface area contributed by atoms with Crippen molar-refractivity contribution in [3.8, 4) is 0 Å².